The molecule has 0 aromatic heterocycles. The topological polar surface area (TPSA) is 30.8 Å². The fourth-order valence-electron chi connectivity index (χ4n) is 2.11. The van der Waals surface area contributed by atoms with Gasteiger partial charge in [-0.3, -0.25) is 4.99 Å². The van der Waals surface area contributed by atoms with E-state index in [2.05, 4.69) is 66.6 Å². The van der Waals surface area contributed by atoms with Gasteiger partial charge in [0.2, 0.25) is 0 Å². The Bertz CT molecular complexity index is 711. The summed E-state index contributed by atoms with van der Waals surface area (Å²) in [6, 6.07) is 10.2. The molecule has 0 aliphatic heterocycles. The van der Waals surface area contributed by atoms with Crippen LogP contribution >= 0.6 is 22.6 Å². The van der Waals surface area contributed by atoms with E-state index in [0.29, 0.717) is 6.61 Å². The monoisotopic (exact) mass is 423 g/mol. The van der Waals surface area contributed by atoms with E-state index in [1.54, 1.807) is 7.11 Å². The Kier molecular flexibility index (Phi) is 6.45. The lowest BCUT2D eigenvalue weighted by Crippen LogP contribution is -2.01. The van der Waals surface area contributed by atoms with Crippen LogP contribution in [0.25, 0.3) is 0 Å². The zero-order valence-electron chi connectivity index (χ0n) is 14.0. The van der Waals surface area contributed by atoms with Crippen molar-refractivity contribution in [3.8, 4) is 11.5 Å². The zero-order valence-corrected chi connectivity index (χ0v) is 16.2. The molecule has 0 radical (unpaired) electrons. The molecule has 0 saturated heterocycles. The molecular formula is C19H22INO2. The largest absolute Gasteiger partial charge is 0.493 e. The lowest BCUT2D eigenvalue weighted by atomic mass is 10.1. The molecule has 0 heterocycles. The van der Waals surface area contributed by atoms with E-state index >= 15 is 0 Å². The molecule has 0 spiro atoms. The summed E-state index contributed by atoms with van der Waals surface area (Å²) in [5.41, 5.74) is 4.47. The number of hydrogen-bond acceptors (Lipinski definition) is 3. The van der Waals surface area contributed by atoms with Crippen molar-refractivity contribution in [2.24, 2.45) is 4.99 Å². The molecule has 2 aromatic rings. The minimum absolute atomic E-state index is 0.683. The molecule has 0 amide bonds. The second-order valence-electron chi connectivity index (χ2n) is 5.41. The molecule has 0 N–H and O–H groups in total. The first-order valence-corrected chi connectivity index (χ1v) is 8.74. The Balaban J connectivity index is 2.27. The van der Waals surface area contributed by atoms with E-state index in [9.17, 15) is 0 Å². The summed E-state index contributed by atoms with van der Waals surface area (Å²) in [6.45, 7) is 6.97. The van der Waals surface area contributed by atoms with Crippen molar-refractivity contribution in [3.05, 3.63) is 50.6 Å². The Morgan fingerprint density at radius 2 is 1.91 bits per heavy atom. The molecule has 0 saturated carbocycles. The second kappa shape index (κ2) is 8.34. The first-order chi connectivity index (χ1) is 11.0. The normalized spacial score (nSPS) is 11.0. The molecule has 0 fully saturated rings. The summed E-state index contributed by atoms with van der Waals surface area (Å²) >= 11 is 2.27. The zero-order chi connectivity index (χ0) is 16.8. The highest BCUT2D eigenvalue weighted by molar-refractivity contribution is 14.1. The molecule has 0 unspecified atom stereocenters. The summed E-state index contributed by atoms with van der Waals surface area (Å²) in [5.74, 6) is 1.55. The van der Waals surface area contributed by atoms with Gasteiger partial charge in [0.1, 0.15) is 0 Å². The summed E-state index contributed by atoms with van der Waals surface area (Å²) in [7, 11) is 1.66. The van der Waals surface area contributed by atoms with Gasteiger partial charge in [-0.15, -0.1) is 0 Å². The fraction of sp³-hybridized carbons (Fsp3) is 0.316. The van der Waals surface area contributed by atoms with Crippen molar-refractivity contribution in [2.45, 2.75) is 27.2 Å². The summed E-state index contributed by atoms with van der Waals surface area (Å²) < 4.78 is 12.3. The maximum atomic E-state index is 5.78. The molecule has 23 heavy (non-hydrogen) atoms. The maximum Gasteiger partial charge on any atom is 0.174 e. The maximum absolute atomic E-state index is 5.78. The van der Waals surface area contributed by atoms with Crippen LogP contribution in [0.5, 0.6) is 11.5 Å². The predicted molar refractivity (Wildman–Crippen MR) is 105 cm³/mol. The second-order valence-corrected chi connectivity index (χ2v) is 6.57. The Labute approximate surface area is 151 Å². The standard InChI is InChI=1S/C19H22INO2/c1-5-8-23-19-17(20)10-15(11-18(19)22-4)12-21-16-7-6-13(2)14(3)9-16/h6-7,9-12H,5,8H2,1-4H3. The van der Waals surface area contributed by atoms with Crippen molar-refractivity contribution >= 4 is 34.5 Å². The number of methoxy groups -OCH3 is 1. The predicted octanol–water partition coefficient (Wildman–Crippen LogP) is 5.46. The van der Waals surface area contributed by atoms with Gasteiger partial charge in [0, 0.05) is 6.21 Å². The van der Waals surface area contributed by atoms with E-state index in [-0.39, 0.29) is 0 Å². The van der Waals surface area contributed by atoms with Crippen LogP contribution in [-0.4, -0.2) is 19.9 Å². The van der Waals surface area contributed by atoms with Gasteiger partial charge in [-0.25, -0.2) is 0 Å². The molecule has 4 heteroatoms. The number of nitrogens with zero attached hydrogens (tertiary/aromatic N) is 1. The van der Waals surface area contributed by atoms with Crippen LogP contribution in [0.4, 0.5) is 5.69 Å². The van der Waals surface area contributed by atoms with E-state index in [1.165, 1.54) is 11.1 Å². The third-order valence-electron chi connectivity index (χ3n) is 3.56. The number of halogens is 1. The molecule has 3 nitrogen and oxygen atoms in total. The van der Waals surface area contributed by atoms with Crippen molar-refractivity contribution in [2.75, 3.05) is 13.7 Å². The highest BCUT2D eigenvalue weighted by Gasteiger charge is 2.10. The van der Waals surface area contributed by atoms with Gasteiger partial charge in [0.05, 0.1) is 23.0 Å². The average Bonchev–Trinajstić information content (AvgIpc) is 2.54. The van der Waals surface area contributed by atoms with E-state index in [0.717, 1.165) is 32.7 Å². The molecule has 122 valence electrons. The van der Waals surface area contributed by atoms with Crippen LogP contribution in [0.15, 0.2) is 35.3 Å². The van der Waals surface area contributed by atoms with E-state index in [1.807, 2.05) is 18.3 Å². The van der Waals surface area contributed by atoms with E-state index < -0.39 is 0 Å². The van der Waals surface area contributed by atoms with Crippen LogP contribution in [0.1, 0.15) is 30.0 Å². The Morgan fingerprint density at radius 1 is 1.13 bits per heavy atom. The van der Waals surface area contributed by atoms with Crippen LogP contribution in [-0.2, 0) is 0 Å². The minimum atomic E-state index is 0.683. The average molecular weight is 423 g/mol. The van der Waals surface area contributed by atoms with E-state index in [4.69, 9.17) is 9.47 Å². The van der Waals surface area contributed by atoms with Crippen LogP contribution in [0.3, 0.4) is 0 Å². The van der Waals surface area contributed by atoms with Gasteiger partial charge >= 0.3 is 0 Å². The lowest BCUT2D eigenvalue weighted by molar-refractivity contribution is 0.292. The Morgan fingerprint density at radius 3 is 2.57 bits per heavy atom. The number of benzene rings is 2. The van der Waals surface area contributed by atoms with Gasteiger partial charge < -0.3 is 9.47 Å². The molecule has 0 atom stereocenters. The van der Waals surface area contributed by atoms with Crippen LogP contribution in [0, 0.1) is 17.4 Å². The fourth-order valence-corrected chi connectivity index (χ4v) is 2.89. The third-order valence-corrected chi connectivity index (χ3v) is 4.36. The summed E-state index contributed by atoms with van der Waals surface area (Å²) in [5, 5.41) is 0. The Hall–Kier alpha value is -1.56. The third kappa shape index (κ3) is 4.70. The lowest BCUT2D eigenvalue weighted by Gasteiger charge is -2.12. The van der Waals surface area contributed by atoms with Crippen molar-refractivity contribution in [1.29, 1.82) is 0 Å². The van der Waals surface area contributed by atoms with Gasteiger partial charge in [-0.05, 0) is 83.8 Å². The summed E-state index contributed by atoms with van der Waals surface area (Å²) in [4.78, 5) is 4.56. The summed E-state index contributed by atoms with van der Waals surface area (Å²) in [6.07, 6.45) is 2.83. The minimum Gasteiger partial charge on any atom is -0.493 e. The molecule has 2 aromatic carbocycles. The highest BCUT2D eigenvalue weighted by Crippen LogP contribution is 2.33. The van der Waals surface area contributed by atoms with Gasteiger partial charge in [-0.2, -0.15) is 0 Å². The van der Waals surface area contributed by atoms with Gasteiger partial charge in [0.15, 0.2) is 11.5 Å². The quantitative estimate of drug-likeness (QED) is 0.457. The smallest absolute Gasteiger partial charge is 0.174 e. The number of rotatable bonds is 6. The van der Waals surface area contributed by atoms with Crippen LogP contribution in [0.2, 0.25) is 0 Å². The van der Waals surface area contributed by atoms with Crippen molar-refractivity contribution in [3.63, 3.8) is 0 Å². The number of aliphatic imine (C=N–C) groups is 1. The molecule has 0 aliphatic rings. The molecule has 2 rings (SSSR count). The van der Waals surface area contributed by atoms with Crippen LogP contribution < -0.4 is 9.47 Å². The van der Waals surface area contributed by atoms with Crippen molar-refractivity contribution in [1.82, 2.24) is 0 Å². The first kappa shape index (κ1) is 17.8. The molecule has 0 bridgehead atoms. The van der Waals surface area contributed by atoms with Gasteiger partial charge in [-0.1, -0.05) is 13.0 Å². The first-order valence-electron chi connectivity index (χ1n) is 7.66. The number of ether oxygens (including phenoxy) is 2. The number of aryl methyl sites for hydroxylation is 2. The molecular weight excluding hydrogens is 401 g/mol. The molecule has 0 aliphatic carbocycles. The van der Waals surface area contributed by atoms with Gasteiger partial charge in [0.25, 0.3) is 0 Å². The SMILES string of the molecule is CCCOc1c(I)cc(C=Nc2ccc(C)c(C)c2)cc1OC. The van der Waals surface area contributed by atoms with Crippen molar-refractivity contribution < 1.29 is 9.47 Å². The highest BCUT2D eigenvalue weighted by atomic mass is 127. The number of hydrogen-bond donors (Lipinski definition) is 0.